The molecule has 0 fully saturated rings. The number of benzene rings is 1. The summed E-state index contributed by atoms with van der Waals surface area (Å²) in [5.41, 5.74) is 1.06. The van der Waals surface area contributed by atoms with Gasteiger partial charge in [-0.15, -0.1) is 0 Å². The maximum Gasteiger partial charge on any atom is 0.317 e. The zero-order valence-corrected chi connectivity index (χ0v) is 10.5. The Bertz CT molecular complexity index is 379. The van der Waals surface area contributed by atoms with E-state index in [0.29, 0.717) is 6.54 Å². The third-order valence-corrected chi connectivity index (χ3v) is 2.87. The maximum absolute atomic E-state index is 10.8. The SMILES string of the molecule is CCN(CC(=O)O)C(C)c1cccc(OC)c1. The quantitative estimate of drug-likeness (QED) is 0.823. The van der Waals surface area contributed by atoms with Crippen molar-refractivity contribution in [1.29, 1.82) is 0 Å². The number of hydrogen-bond acceptors (Lipinski definition) is 3. The van der Waals surface area contributed by atoms with Crippen molar-refractivity contribution in [3.05, 3.63) is 29.8 Å². The number of ether oxygens (including phenoxy) is 1. The van der Waals surface area contributed by atoms with Gasteiger partial charge in [-0.05, 0) is 31.2 Å². The monoisotopic (exact) mass is 237 g/mol. The molecule has 1 unspecified atom stereocenters. The molecule has 1 aromatic carbocycles. The highest BCUT2D eigenvalue weighted by Crippen LogP contribution is 2.23. The Morgan fingerprint density at radius 2 is 2.24 bits per heavy atom. The van der Waals surface area contributed by atoms with Gasteiger partial charge in [0.1, 0.15) is 5.75 Å². The lowest BCUT2D eigenvalue weighted by Crippen LogP contribution is -2.32. The minimum atomic E-state index is -0.804. The third-order valence-electron chi connectivity index (χ3n) is 2.87. The topological polar surface area (TPSA) is 49.8 Å². The number of carboxylic acid groups (broad SMARTS) is 1. The normalized spacial score (nSPS) is 12.5. The molecule has 0 bridgehead atoms. The molecule has 0 saturated heterocycles. The molecule has 4 heteroatoms. The minimum Gasteiger partial charge on any atom is -0.497 e. The van der Waals surface area contributed by atoms with Crippen LogP contribution >= 0.6 is 0 Å². The number of hydrogen-bond donors (Lipinski definition) is 1. The number of methoxy groups -OCH3 is 1. The number of carbonyl (C=O) groups is 1. The van der Waals surface area contributed by atoms with Crippen LogP contribution in [-0.4, -0.2) is 36.2 Å². The Kier molecular flexibility index (Phi) is 4.97. The molecule has 1 N–H and O–H groups in total. The van der Waals surface area contributed by atoms with Gasteiger partial charge in [-0.25, -0.2) is 0 Å². The zero-order valence-electron chi connectivity index (χ0n) is 10.5. The summed E-state index contributed by atoms with van der Waals surface area (Å²) in [7, 11) is 1.62. The largest absolute Gasteiger partial charge is 0.497 e. The number of carboxylic acids is 1. The molecule has 1 rings (SSSR count). The molecule has 0 saturated carbocycles. The smallest absolute Gasteiger partial charge is 0.317 e. The van der Waals surface area contributed by atoms with Crippen LogP contribution in [0.4, 0.5) is 0 Å². The molecule has 17 heavy (non-hydrogen) atoms. The number of nitrogens with zero attached hydrogens (tertiary/aromatic N) is 1. The second-order valence-corrected chi connectivity index (χ2v) is 3.91. The molecule has 1 atom stereocenters. The van der Waals surface area contributed by atoms with Gasteiger partial charge in [0.15, 0.2) is 0 Å². The maximum atomic E-state index is 10.8. The van der Waals surface area contributed by atoms with E-state index in [1.807, 2.05) is 43.0 Å². The summed E-state index contributed by atoms with van der Waals surface area (Å²) in [5.74, 6) is -0.0117. The van der Waals surface area contributed by atoms with Gasteiger partial charge in [-0.2, -0.15) is 0 Å². The van der Waals surface area contributed by atoms with Gasteiger partial charge in [0.2, 0.25) is 0 Å². The standard InChI is InChI=1S/C13H19NO3/c1-4-14(9-13(15)16)10(2)11-6-5-7-12(8-11)17-3/h5-8,10H,4,9H2,1-3H3,(H,15,16). The summed E-state index contributed by atoms with van der Waals surface area (Å²) in [6.45, 7) is 4.71. The second-order valence-electron chi connectivity index (χ2n) is 3.91. The summed E-state index contributed by atoms with van der Waals surface area (Å²) in [6, 6.07) is 7.78. The van der Waals surface area contributed by atoms with E-state index in [-0.39, 0.29) is 12.6 Å². The molecule has 4 nitrogen and oxygen atoms in total. The first-order chi connectivity index (χ1) is 8.08. The molecule has 0 aromatic heterocycles. The minimum absolute atomic E-state index is 0.0505. The van der Waals surface area contributed by atoms with Crippen molar-refractivity contribution in [3.8, 4) is 5.75 Å². The van der Waals surface area contributed by atoms with Crippen LogP contribution in [0.15, 0.2) is 24.3 Å². The highest BCUT2D eigenvalue weighted by Gasteiger charge is 2.16. The predicted molar refractivity (Wildman–Crippen MR) is 66.3 cm³/mol. The first-order valence-electron chi connectivity index (χ1n) is 5.68. The van der Waals surface area contributed by atoms with Crippen molar-refractivity contribution in [3.63, 3.8) is 0 Å². The van der Waals surface area contributed by atoms with Crippen LogP contribution in [0.1, 0.15) is 25.5 Å². The number of aliphatic carboxylic acids is 1. The average Bonchev–Trinajstić information content (AvgIpc) is 2.35. The van der Waals surface area contributed by atoms with Gasteiger partial charge in [-0.1, -0.05) is 19.1 Å². The van der Waals surface area contributed by atoms with Crippen LogP contribution in [0.25, 0.3) is 0 Å². The molecule has 0 heterocycles. The Balaban J connectivity index is 2.84. The van der Waals surface area contributed by atoms with E-state index in [1.54, 1.807) is 7.11 Å². The van der Waals surface area contributed by atoms with Crippen molar-refractivity contribution in [2.24, 2.45) is 0 Å². The highest BCUT2D eigenvalue weighted by molar-refractivity contribution is 5.69. The van der Waals surface area contributed by atoms with Gasteiger partial charge >= 0.3 is 5.97 Å². The molecule has 1 aromatic rings. The first kappa shape index (κ1) is 13.5. The van der Waals surface area contributed by atoms with Gasteiger partial charge in [0, 0.05) is 6.04 Å². The molecule has 0 aliphatic heterocycles. The van der Waals surface area contributed by atoms with Crippen molar-refractivity contribution < 1.29 is 14.6 Å². The summed E-state index contributed by atoms with van der Waals surface area (Å²) >= 11 is 0. The Morgan fingerprint density at radius 1 is 1.53 bits per heavy atom. The molecule has 0 amide bonds. The van der Waals surface area contributed by atoms with Gasteiger partial charge in [0.05, 0.1) is 13.7 Å². The van der Waals surface area contributed by atoms with E-state index in [0.717, 1.165) is 11.3 Å². The van der Waals surface area contributed by atoms with Crippen molar-refractivity contribution in [2.45, 2.75) is 19.9 Å². The molecule has 94 valence electrons. The van der Waals surface area contributed by atoms with Crippen LogP contribution in [0.5, 0.6) is 5.75 Å². The van der Waals surface area contributed by atoms with Crippen LogP contribution in [0.3, 0.4) is 0 Å². The fraction of sp³-hybridized carbons (Fsp3) is 0.462. The van der Waals surface area contributed by atoms with Gasteiger partial charge in [-0.3, -0.25) is 9.69 Å². The van der Waals surface area contributed by atoms with E-state index in [9.17, 15) is 4.79 Å². The summed E-state index contributed by atoms with van der Waals surface area (Å²) in [6.07, 6.45) is 0. The van der Waals surface area contributed by atoms with E-state index < -0.39 is 5.97 Å². The molecule has 0 aliphatic rings. The van der Waals surface area contributed by atoms with Crippen molar-refractivity contribution in [1.82, 2.24) is 4.90 Å². The zero-order chi connectivity index (χ0) is 12.8. The van der Waals surface area contributed by atoms with Crippen LogP contribution in [0, 0.1) is 0 Å². The molecule has 0 radical (unpaired) electrons. The van der Waals surface area contributed by atoms with Crippen molar-refractivity contribution in [2.75, 3.05) is 20.2 Å². The molecular weight excluding hydrogens is 218 g/mol. The lowest BCUT2D eigenvalue weighted by molar-refractivity contribution is -0.138. The highest BCUT2D eigenvalue weighted by atomic mass is 16.5. The number of likely N-dealkylation sites (N-methyl/N-ethyl adjacent to an activating group) is 1. The van der Waals surface area contributed by atoms with Crippen LogP contribution in [-0.2, 0) is 4.79 Å². The Hall–Kier alpha value is -1.55. The second kappa shape index (κ2) is 6.25. The van der Waals surface area contributed by atoms with E-state index in [1.165, 1.54) is 0 Å². The summed E-state index contributed by atoms with van der Waals surface area (Å²) in [5, 5.41) is 8.85. The lowest BCUT2D eigenvalue weighted by atomic mass is 10.1. The summed E-state index contributed by atoms with van der Waals surface area (Å²) in [4.78, 5) is 12.7. The van der Waals surface area contributed by atoms with Crippen molar-refractivity contribution >= 4 is 5.97 Å². The first-order valence-corrected chi connectivity index (χ1v) is 5.68. The number of rotatable bonds is 6. The van der Waals surface area contributed by atoms with E-state index >= 15 is 0 Å². The molecule has 0 spiro atoms. The van der Waals surface area contributed by atoms with Crippen LogP contribution in [0.2, 0.25) is 0 Å². The van der Waals surface area contributed by atoms with Gasteiger partial charge < -0.3 is 9.84 Å². The lowest BCUT2D eigenvalue weighted by Gasteiger charge is -2.26. The molecule has 0 aliphatic carbocycles. The predicted octanol–water partition coefficient (Wildman–Crippen LogP) is 2.16. The van der Waals surface area contributed by atoms with Gasteiger partial charge in [0.25, 0.3) is 0 Å². The Morgan fingerprint density at radius 3 is 2.76 bits per heavy atom. The fourth-order valence-corrected chi connectivity index (χ4v) is 1.81. The van der Waals surface area contributed by atoms with E-state index in [2.05, 4.69) is 0 Å². The van der Waals surface area contributed by atoms with Crippen LogP contribution < -0.4 is 4.74 Å². The summed E-state index contributed by atoms with van der Waals surface area (Å²) < 4.78 is 5.16. The van der Waals surface area contributed by atoms with E-state index in [4.69, 9.17) is 9.84 Å². The molecular formula is C13H19NO3. The Labute approximate surface area is 102 Å². The fourth-order valence-electron chi connectivity index (χ4n) is 1.81. The third kappa shape index (κ3) is 3.75. The average molecular weight is 237 g/mol.